The van der Waals surface area contributed by atoms with Crippen LogP contribution in [0.1, 0.15) is 10.9 Å². The molecule has 0 aliphatic rings. The third kappa shape index (κ3) is 4.19. The van der Waals surface area contributed by atoms with Crippen LogP contribution in [0.5, 0.6) is 5.88 Å². The molecule has 1 atom stereocenters. The van der Waals surface area contributed by atoms with Crippen molar-refractivity contribution in [2.24, 2.45) is 0 Å². The Morgan fingerprint density at radius 2 is 2.23 bits per heavy atom. The van der Waals surface area contributed by atoms with Gasteiger partial charge in [-0.3, -0.25) is 0 Å². The molecule has 1 unspecified atom stereocenters. The van der Waals surface area contributed by atoms with Crippen LogP contribution in [-0.4, -0.2) is 43.7 Å². The van der Waals surface area contributed by atoms with Crippen LogP contribution in [0.2, 0.25) is 0 Å². The lowest BCUT2D eigenvalue weighted by molar-refractivity contribution is 0.243. The number of methoxy groups -OCH3 is 1. The number of carbonyl (C=O) groups excluding carboxylic acids is 1. The van der Waals surface area contributed by atoms with Gasteiger partial charge in [-0.1, -0.05) is 6.07 Å². The molecule has 2 rings (SSSR count). The first kappa shape index (κ1) is 16.3. The van der Waals surface area contributed by atoms with E-state index < -0.39 is 0 Å². The summed E-state index contributed by atoms with van der Waals surface area (Å²) in [5, 5.41) is 7.67. The molecule has 0 aliphatic carbocycles. The Hall–Kier alpha value is -2.12. The molecule has 0 bridgehead atoms. The van der Waals surface area contributed by atoms with Crippen molar-refractivity contribution in [2.45, 2.75) is 6.04 Å². The van der Waals surface area contributed by atoms with Crippen LogP contribution in [0.15, 0.2) is 35.8 Å². The van der Waals surface area contributed by atoms with Crippen LogP contribution in [0.4, 0.5) is 10.5 Å². The average molecular weight is 320 g/mol. The highest BCUT2D eigenvalue weighted by Crippen LogP contribution is 2.23. The van der Waals surface area contributed by atoms with E-state index in [1.807, 2.05) is 25.5 Å². The average Bonchev–Trinajstić information content (AvgIpc) is 3.01. The number of aromatic nitrogens is 1. The van der Waals surface area contributed by atoms with Crippen molar-refractivity contribution in [3.8, 4) is 5.88 Å². The highest BCUT2D eigenvalue weighted by atomic mass is 32.1. The van der Waals surface area contributed by atoms with Gasteiger partial charge in [0.15, 0.2) is 0 Å². The van der Waals surface area contributed by atoms with Crippen LogP contribution >= 0.6 is 11.3 Å². The molecule has 0 fully saturated rings. The first-order valence-corrected chi connectivity index (χ1v) is 7.73. The number of anilines is 1. The number of amides is 2. The lowest BCUT2D eigenvalue weighted by atomic mass is 10.2. The number of nitrogens with one attached hydrogen (secondary N) is 2. The maximum Gasteiger partial charge on any atom is 0.319 e. The first-order valence-electron chi connectivity index (χ1n) is 6.85. The quantitative estimate of drug-likeness (QED) is 0.858. The van der Waals surface area contributed by atoms with Crippen molar-refractivity contribution in [3.63, 3.8) is 0 Å². The second kappa shape index (κ2) is 7.77. The number of likely N-dealkylation sites (N-methyl/N-ethyl adjacent to an activating group) is 1. The fraction of sp³-hybridized carbons (Fsp3) is 0.333. The van der Waals surface area contributed by atoms with Crippen LogP contribution in [0.25, 0.3) is 0 Å². The fourth-order valence-corrected chi connectivity index (χ4v) is 2.95. The van der Waals surface area contributed by atoms with Gasteiger partial charge >= 0.3 is 6.03 Å². The van der Waals surface area contributed by atoms with E-state index in [-0.39, 0.29) is 12.1 Å². The molecule has 2 aromatic rings. The van der Waals surface area contributed by atoms with Gasteiger partial charge in [-0.05, 0) is 37.7 Å². The molecule has 0 aliphatic heterocycles. The minimum absolute atomic E-state index is 0.140. The maximum absolute atomic E-state index is 12.1. The molecular weight excluding hydrogens is 300 g/mol. The molecular formula is C15H20N4O2S. The Kier molecular flexibility index (Phi) is 5.74. The second-order valence-corrected chi connectivity index (χ2v) is 5.87. The van der Waals surface area contributed by atoms with E-state index in [0.717, 1.165) is 0 Å². The summed E-state index contributed by atoms with van der Waals surface area (Å²) in [6.07, 6.45) is 1.61. The van der Waals surface area contributed by atoms with Crippen molar-refractivity contribution >= 4 is 23.1 Å². The van der Waals surface area contributed by atoms with Crippen LogP contribution in [0, 0.1) is 0 Å². The highest BCUT2D eigenvalue weighted by molar-refractivity contribution is 7.10. The summed E-state index contributed by atoms with van der Waals surface area (Å²) in [5.74, 6) is 0.389. The molecule has 2 amide bonds. The van der Waals surface area contributed by atoms with Crippen molar-refractivity contribution in [2.75, 3.05) is 33.1 Å². The van der Waals surface area contributed by atoms with Gasteiger partial charge in [0.2, 0.25) is 5.88 Å². The first-order chi connectivity index (χ1) is 10.6. The maximum atomic E-state index is 12.1. The summed E-state index contributed by atoms with van der Waals surface area (Å²) in [6.45, 7) is 0.516. The topological polar surface area (TPSA) is 66.5 Å². The minimum atomic E-state index is -0.283. The highest BCUT2D eigenvalue weighted by Gasteiger charge is 2.16. The molecule has 0 saturated heterocycles. The zero-order chi connectivity index (χ0) is 15.9. The molecule has 2 heterocycles. The molecule has 0 saturated carbocycles. The zero-order valence-corrected chi connectivity index (χ0v) is 13.7. The number of hydrogen-bond donors (Lipinski definition) is 2. The van der Waals surface area contributed by atoms with Crippen molar-refractivity contribution in [1.29, 1.82) is 0 Å². The number of hydrogen-bond acceptors (Lipinski definition) is 5. The Morgan fingerprint density at radius 3 is 2.86 bits per heavy atom. The van der Waals surface area contributed by atoms with E-state index in [4.69, 9.17) is 4.74 Å². The fourth-order valence-electron chi connectivity index (χ4n) is 2.02. The Balaban J connectivity index is 1.94. The number of pyridine rings is 1. The van der Waals surface area contributed by atoms with E-state index in [9.17, 15) is 4.79 Å². The standard InChI is InChI=1S/C15H20N4O2S/c1-19(2)12(13-7-5-9-22-13)10-17-15(20)18-11-6-4-8-16-14(11)21-3/h4-9,12H,10H2,1-3H3,(H2,17,18,20). The molecule has 118 valence electrons. The molecule has 0 spiro atoms. The van der Waals surface area contributed by atoms with Gasteiger partial charge in [0, 0.05) is 17.6 Å². The zero-order valence-electron chi connectivity index (χ0n) is 12.9. The summed E-state index contributed by atoms with van der Waals surface area (Å²) in [7, 11) is 5.51. The van der Waals surface area contributed by atoms with Crippen LogP contribution < -0.4 is 15.4 Å². The van der Waals surface area contributed by atoms with E-state index >= 15 is 0 Å². The van der Waals surface area contributed by atoms with E-state index in [1.54, 1.807) is 29.7 Å². The molecule has 2 aromatic heterocycles. The monoisotopic (exact) mass is 320 g/mol. The lowest BCUT2D eigenvalue weighted by Crippen LogP contribution is -2.36. The number of carbonyl (C=O) groups is 1. The van der Waals surface area contributed by atoms with Gasteiger partial charge in [-0.25, -0.2) is 9.78 Å². The van der Waals surface area contributed by atoms with Gasteiger partial charge in [-0.2, -0.15) is 0 Å². The van der Waals surface area contributed by atoms with Crippen LogP contribution in [-0.2, 0) is 0 Å². The third-order valence-electron chi connectivity index (χ3n) is 3.16. The van der Waals surface area contributed by atoms with E-state index in [1.165, 1.54) is 12.0 Å². The summed E-state index contributed by atoms with van der Waals surface area (Å²) in [6, 6.07) is 7.42. The van der Waals surface area contributed by atoms with Gasteiger partial charge in [0.1, 0.15) is 5.69 Å². The predicted molar refractivity (Wildman–Crippen MR) is 88.6 cm³/mol. The second-order valence-electron chi connectivity index (χ2n) is 4.89. The largest absolute Gasteiger partial charge is 0.480 e. The van der Waals surface area contributed by atoms with Gasteiger partial charge in [-0.15, -0.1) is 11.3 Å². The summed E-state index contributed by atoms with van der Waals surface area (Å²) >= 11 is 1.68. The van der Waals surface area contributed by atoms with Gasteiger partial charge in [0.05, 0.1) is 13.2 Å². The third-order valence-corrected chi connectivity index (χ3v) is 4.14. The Morgan fingerprint density at radius 1 is 1.41 bits per heavy atom. The summed E-state index contributed by atoms with van der Waals surface area (Å²) in [4.78, 5) is 19.4. The molecule has 22 heavy (non-hydrogen) atoms. The molecule has 0 aromatic carbocycles. The van der Waals surface area contributed by atoms with E-state index in [0.29, 0.717) is 18.1 Å². The Labute approximate surface area is 134 Å². The van der Waals surface area contributed by atoms with E-state index in [2.05, 4.69) is 26.6 Å². The van der Waals surface area contributed by atoms with Crippen molar-refractivity contribution < 1.29 is 9.53 Å². The van der Waals surface area contributed by atoms with Gasteiger partial charge < -0.3 is 20.3 Å². The lowest BCUT2D eigenvalue weighted by Gasteiger charge is -2.23. The number of urea groups is 1. The summed E-state index contributed by atoms with van der Waals surface area (Å²) < 4.78 is 5.11. The number of ether oxygens (including phenoxy) is 1. The number of nitrogens with zero attached hydrogens (tertiary/aromatic N) is 2. The molecule has 2 N–H and O–H groups in total. The van der Waals surface area contributed by atoms with Crippen molar-refractivity contribution in [1.82, 2.24) is 15.2 Å². The predicted octanol–water partition coefficient (Wildman–Crippen LogP) is 2.58. The Bertz CT molecular complexity index is 601. The SMILES string of the molecule is COc1ncccc1NC(=O)NCC(c1cccs1)N(C)C. The number of rotatable bonds is 6. The normalized spacial score (nSPS) is 12.0. The van der Waals surface area contributed by atoms with Crippen LogP contribution in [0.3, 0.4) is 0 Å². The molecule has 0 radical (unpaired) electrons. The number of thiophene rings is 1. The summed E-state index contributed by atoms with van der Waals surface area (Å²) in [5.41, 5.74) is 0.542. The molecule has 6 nitrogen and oxygen atoms in total. The molecule has 7 heteroatoms. The van der Waals surface area contributed by atoms with Crippen molar-refractivity contribution in [3.05, 3.63) is 40.7 Å². The minimum Gasteiger partial charge on any atom is -0.480 e. The van der Waals surface area contributed by atoms with Gasteiger partial charge in [0.25, 0.3) is 0 Å². The smallest absolute Gasteiger partial charge is 0.319 e.